The van der Waals surface area contributed by atoms with Crippen LogP contribution >= 0.6 is 0 Å². The second-order valence-corrected chi connectivity index (χ2v) is 0. The van der Waals surface area contributed by atoms with Gasteiger partial charge in [0.05, 0.1) is 0 Å². The average Bonchev–Trinajstić information content (AvgIpc) is 0. The van der Waals surface area contributed by atoms with Gasteiger partial charge >= 0.3 is 39.6 Å². The van der Waals surface area contributed by atoms with Crippen molar-refractivity contribution in [2.24, 2.45) is 0 Å². The molecule has 0 N–H and O–H groups in total. The first-order valence-electron chi connectivity index (χ1n) is 0. The zero-order valence-corrected chi connectivity index (χ0v) is 10.2. The molecule has 0 aromatic rings. The van der Waals surface area contributed by atoms with Gasteiger partial charge in [-0.2, -0.15) is 0 Å². The van der Waals surface area contributed by atoms with Gasteiger partial charge < -0.3 is 16.4 Å². The van der Waals surface area contributed by atoms with Crippen molar-refractivity contribution in [3.05, 3.63) is 0 Å². The van der Waals surface area contributed by atoms with Crippen LogP contribution in [0.25, 0.3) is 0 Å². The molecule has 8 radical (unpaired) electrons. The quantitative estimate of drug-likeness (QED) is 0.446. The van der Waals surface area contributed by atoms with Gasteiger partial charge in [-0.1, -0.05) is 0 Å². The van der Waals surface area contributed by atoms with Crippen molar-refractivity contribution < 1.29 is 16.4 Å². The molecule has 0 heterocycles. The minimum atomic E-state index is 0. The van der Waals surface area contributed by atoms with Crippen LogP contribution in [0.3, 0.4) is 0 Å². The molecule has 0 aromatic carbocycles. The summed E-state index contributed by atoms with van der Waals surface area (Å²) in [7, 11) is 0. The summed E-state index contributed by atoms with van der Waals surface area (Å²) in [6.45, 7) is 0. The molecule has 0 unspecified atom stereocenters. The van der Waals surface area contributed by atoms with Gasteiger partial charge in [-0.3, -0.25) is 0 Å². The third-order valence-electron chi connectivity index (χ3n) is 0. The summed E-state index contributed by atoms with van der Waals surface area (Å²) < 4.78 is 0. The first-order valence-corrected chi connectivity index (χ1v) is 0. The Morgan fingerprint density at radius 1 is 0.429 bits per heavy atom. The van der Waals surface area contributed by atoms with E-state index in [4.69, 9.17) is 0 Å². The maximum Gasteiger partial charge on any atom is 3.00 e. The van der Waals surface area contributed by atoms with Crippen LogP contribution in [-0.2, 0) is 16.4 Å². The van der Waals surface area contributed by atoms with E-state index in [1.165, 1.54) is 0 Å². The normalized spacial score (nSPS) is 0. The van der Waals surface area contributed by atoms with E-state index in [1.54, 1.807) is 0 Å². The van der Waals surface area contributed by atoms with Crippen LogP contribution in [0.2, 0.25) is 0 Å². The average molecular weight is 244 g/mol. The molecule has 0 saturated carbocycles. The van der Waals surface area contributed by atoms with Gasteiger partial charge in [-0.25, -0.2) is 0 Å². The van der Waals surface area contributed by atoms with Gasteiger partial charge in [0, 0.05) is 21.9 Å². The first-order chi connectivity index (χ1) is 0. The van der Waals surface area contributed by atoms with Gasteiger partial charge in [0.1, 0.15) is 0 Å². The van der Waals surface area contributed by atoms with E-state index in [9.17, 15) is 0 Å². The largest absolute Gasteiger partial charge is 3.00 e. The molecule has 0 rings (SSSR count). The van der Waals surface area contributed by atoms with E-state index in [1.807, 2.05) is 0 Å². The van der Waals surface area contributed by atoms with Crippen molar-refractivity contribution in [3.8, 4) is 0 Å². The van der Waals surface area contributed by atoms with Crippen LogP contribution in [0.4, 0.5) is 0 Å². The first kappa shape index (κ1) is 196. The van der Waals surface area contributed by atoms with Crippen molar-refractivity contribution >= 4 is 61.5 Å². The van der Waals surface area contributed by atoms with Gasteiger partial charge in [0.2, 0.25) is 0 Å². The van der Waals surface area contributed by atoms with E-state index in [0.717, 1.165) is 0 Å². The molecule has 0 bridgehead atoms. The fraction of sp³-hybridized carbons (Fsp3) is 0. The Morgan fingerprint density at radius 3 is 0.429 bits per heavy atom. The molecule has 0 atom stereocenters. The molecular weight excluding hydrogens is 244 g/mol. The van der Waals surface area contributed by atoms with E-state index >= 15 is 0 Å². The van der Waals surface area contributed by atoms with Crippen LogP contribution in [0.1, 0.15) is 0 Å². The standard InChI is InChI=1S/2Ga.3O.2Si/q2*+3;3*-2;;. The molecule has 7 heteroatoms. The fourth-order valence-electron chi connectivity index (χ4n) is 0. The van der Waals surface area contributed by atoms with Crippen molar-refractivity contribution in [2.75, 3.05) is 0 Å². The van der Waals surface area contributed by atoms with Crippen LogP contribution in [0.15, 0.2) is 0 Å². The van der Waals surface area contributed by atoms with E-state index in [0.29, 0.717) is 0 Å². The Bertz CT molecular complexity index is 10.9. The van der Waals surface area contributed by atoms with E-state index < -0.39 is 0 Å². The summed E-state index contributed by atoms with van der Waals surface area (Å²) >= 11 is 0. The van der Waals surface area contributed by atoms with Crippen molar-refractivity contribution in [2.45, 2.75) is 0 Å². The number of hydrogen-bond donors (Lipinski definition) is 0. The maximum absolute atomic E-state index is 0. The minimum Gasteiger partial charge on any atom is -2.00 e. The Hall–Kier alpha value is 1.59. The molecule has 0 amide bonds. The summed E-state index contributed by atoms with van der Waals surface area (Å²) in [5, 5.41) is 0. The molecule has 3 nitrogen and oxygen atoms in total. The number of rotatable bonds is 0. The summed E-state index contributed by atoms with van der Waals surface area (Å²) in [6.07, 6.45) is 0. The molecule has 0 aliphatic carbocycles. The molecule has 0 saturated heterocycles. The molecule has 0 aliphatic heterocycles. The molecule has 0 fully saturated rings. The Balaban J connectivity index is 0. The van der Waals surface area contributed by atoms with Gasteiger partial charge in [0.15, 0.2) is 0 Å². The van der Waals surface area contributed by atoms with Gasteiger partial charge in [0.25, 0.3) is 0 Å². The second-order valence-electron chi connectivity index (χ2n) is 0. The van der Waals surface area contributed by atoms with Crippen LogP contribution in [-0.4, -0.2) is 61.5 Å². The molecule has 0 spiro atoms. The molecule has 7 heavy (non-hydrogen) atoms. The zero-order valence-electron chi connectivity index (χ0n) is 3.38. The van der Waals surface area contributed by atoms with Crippen LogP contribution < -0.4 is 0 Å². The van der Waals surface area contributed by atoms with E-state index in [-0.39, 0.29) is 77.9 Å². The van der Waals surface area contributed by atoms with Crippen LogP contribution in [0, 0.1) is 0 Å². The van der Waals surface area contributed by atoms with E-state index in [2.05, 4.69) is 0 Å². The van der Waals surface area contributed by atoms with Crippen molar-refractivity contribution in [1.29, 1.82) is 0 Å². The monoisotopic (exact) mass is 242 g/mol. The maximum atomic E-state index is 0. The SMILES string of the molecule is [Ga+3].[Ga+3].[O-2].[O-2].[O-2].[Si].[Si]. The molecule has 0 aromatic heterocycles. The summed E-state index contributed by atoms with van der Waals surface area (Å²) in [6, 6.07) is 0. The summed E-state index contributed by atoms with van der Waals surface area (Å²) in [5.74, 6) is 0. The number of hydrogen-bond acceptors (Lipinski definition) is 0. The van der Waals surface area contributed by atoms with Crippen molar-refractivity contribution in [1.82, 2.24) is 0 Å². The third-order valence-corrected chi connectivity index (χ3v) is 0. The smallest absolute Gasteiger partial charge is 2.00 e. The topological polar surface area (TPSA) is 85.5 Å². The predicted octanol–water partition coefficient (Wildman–Crippen LogP) is -1.88. The van der Waals surface area contributed by atoms with Crippen molar-refractivity contribution in [3.63, 3.8) is 0 Å². The predicted molar refractivity (Wildman–Crippen MR) is 25.1 cm³/mol. The molecule has 0 aliphatic rings. The van der Waals surface area contributed by atoms with Crippen LogP contribution in [0.5, 0.6) is 0 Å². The molecular formula is Ga2O3Si2. The van der Waals surface area contributed by atoms with Gasteiger partial charge in [-0.05, 0) is 0 Å². The third kappa shape index (κ3) is 94.1. The Kier molecular flexibility index (Phi) is 3670. The summed E-state index contributed by atoms with van der Waals surface area (Å²) in [4.78, 5) is 0. The Morgan fingerprint density at radius 2 is 0.429 bits per heavy atom. The summed E-state index contributed by atoms with van der Waals surface area (Å²) in [5.41, 5.74) is 0. The minimum absolute atomic E-state index is 0. The zero-order chi connectivity index (χ0) is 0. The van der Waals surface area contributed by atoms with Gasteiger partial charge in [-0.15, -0.1) is 0 Å². The molecule has 32 valence electrons. The fourth-order valence-corrected chi connectivity index (χ4v) is 0. The second kappa shape index (κ2) is 131. The Labute approximate surface area is 77.7 Å².